The van der Waals surface area contributed by atoms with E-state index in [0.29, 0.717) is 0 Å². The summed E-state index contributed by atoms with van der Waals surface area (Å²) >= 11 is 0. The molecule has 1 N–H and O–H groups in total. The molecule has 0 aromatic carbocycles. The Morgan fingerprint density at radius 1 is 1.39 bits per heavy atom. The summed E-state index contributed by atoms with van der Waals surface area (Å²) in [6, 6.07) is 4.20. The third-order valence-electron chi connectivity index (χ3n) is 3.87. The molecular weight excluding hydrogens is 224 g/mol. The Morgan fingerprint density at radius 2 is 2.11 bits per heavy atom. The summed E-state index contributed by atoms with van der Waals surface area (Å²) in [5.41, 5.74) is 3.15. The number of hydrogen-bond donors (Lipinski definition) is 1. The van der Waals surface area contributed by atoms with Crippen molar-refractivity contribution in [1.29, 1.82) is 5.26 Å². The second-order valence-electron chi connectivity index (χ2n) is 5.04. The van der Waals surface area contributed by atoms with Crippen molar-refractivity contribution in [3.05, 3.63) is 23.0 Å². The molecule has 0 unspecified atom stereocenters. The molecule has 0 spiro atoms. The van der Waals surface area contributed by atoms with Gasteiger partial charge in [-0.2, -0.15) is 5.26 Å². The Balaban J connectivity index is 1.78. The minimum absolute atomic E-state index is 0.740. The highest BCUT2D eigenvalue weighted by Crippen LogP contribution is 2.13. The van der Waals surface area contributed by atoms with E-state index in [0.717, 1.165) is 25.3 Å². The van der Waals surface area contributed by atoms with Gasteiger partial charge in [0, 0.05) is 32.4 Å². The second kappa shape index (κ2) is 6.03. The summed E-state index contributed by atoms with van der Waals surface area (Å²) in [5.74, 6) is 0. The molecule has 0 atom stereocenters. The quantitative estimate of drug-likeness (QED) is 0.799. The van der Waals surface area contributed by atoms with E-state index < -0.39 is 0 Å². The zero-order valence-corrected chi connectivity index (χ0v) is 11.4. The highest BCUT2D eigenvalue weighted by Gasteiger charge is 2.11. The number of aromatic nitrogens is 1. The standard InChI is InChI=1S/C14H22N4/c1-12-13(9-14(10-15)17(12)2)11-16-5-8-18-6-3-4-7-18/h9,16H,3-8,11H2,1-2H3. The third-order valence-corrected chi connectivity index (χ3v) is 3.87. The predicted molar refractivity (Wildman–Crippen MR) is 72.2 cm³/mol. The van der Waals surface area contributed by atoms with Crippen LogP contribution < -0.4 is 5.32 Å². The van der Waals surface area contributed by atoms with Crippen LogP contribution in [0.1, 0.15) is 29.8 Å². The predicted octanol–water partition coefficient (Wildman–Crippen LogP) is 1.39. The number of rotatable bonds is 5. The van der Waals surface area contributed by atoms with Crippen LogP contribution in [0.5, 0.6) is 0 Å². The van der Waals surface area contributed by atoms with Crippen molar-refractivity contribution in [2.24, 2.45) is 7.05 Å². The Labute approximate surface area is 109 Å². The maximum Gasteiger partial charge on any atom is 0.120 e. The van der Waals surface area contributed by atoms with E-state index >= 15 is 0 Å². The fourth-order valence-corrected chi connectivity index (χ4v) is 2.52. The highest BCUT2D eigenvalue weighted by molar-refractivity contribution is 5.33. The van der Waals surface area contributed by atoms with E-state index in [9.17, 15) is 0 Å². The lowest BCUT2D eigenvalue weighted by molar-refractivity contribution is 0.335. The molecule has 18 heavy (non-hydrogen) atoms. The fraction of sp³-hybridized carbons (Fsp3) is 0.643. The van der Waals surface area contributed by atoms with Crippen LogP contribution in [0.2, 0.25) is 0 Å². The van der Waals surface area contributed by atoms with Crippen LogP contribution in [0, 0.1) is 18.3 Å². The normalized spacial score (nSPS) is 16.1. The van der Waals surface area contributed by atoms with Gasteiger partial charge in [-0.1, -0.05) is 0 Å². The summed E-state index contributed by atoms with van der Waals surface area (Å²) in [6.07, 6.45) is 2.70. The van der Waals surface area contributed by atoms with Crippen LogP contribution in [-0.4, -0.2) is 35.6 Å². The Kier molecular flexibility index (Phi) is 4.40. The first-order valence-corrected chi connectivity index (χ1v) is 6.70. The lowest BCUT2D eigenvalue weighted by Crippen LogP contribution is -2.29. The van der Waals surface area contributed by atoms with Crippen molar-refractivity contribution in [2.75, 3.05) is 26.2 Å². The lowest BCUT2D eigenvalue weighted by Gasteiger charge is -2.14. The molecule has 4 nitrogen and oxygen atoms in total. The van der Waals surface area contributed by atoms with Crippen molar-refractivity contribution in [3.8, 4) is 6.07 Å². The summed E-state index contributed by atoms with van der Waals surface area (Å²) in [5, 5.41) is 12.4. The molecule has 2 heterocycles. The number of nitriles is 1. The summed E-state index contributed by atoms with van der Waals surface area (Å²) in [4.78, 5) is 2.51. The van der Waals surface area contributed by atoms with Gasteiger partial charge in [0.1, 0.15) is 11.8 Å². The molecule has 0 amide bonds. The minimum Gasteiger partial charge on any atom is -0.340 e. The Hall–Kier alpha value is -1.31. The molecule has 1 aliphatic heterocycles. The van der Waals surface area contributed by atoms with Crippen LogP contribution in [0.25, 0.3) is 0 Å². The maximum atomic E-state index is 8.97. The van der Waals surface area contributed by atoms with Crippen LogP contribution in [0.15, 0.2) is 6.07 Å². The summed E-state index contributed by atoms with van der Waals surface area (Å²) in [7, 11) is 1.95. The Morgan fingerprint density at radius 3 is 2.72 bits per heavy atom. The van der Waals surface area contributed by atoms with E-state index in [4.69, 9.17) is 5.26 Å². The zero-order chi connectivity index (χ0) is 13.0. The van der Waals surface area contributed by atoms with E-state index in [-0.39, 0.29) is 0 Å². The summed E-state index contributed by atoms with van der Waals surface area (Å²) < 4.78 is 1.96. The number of nitrogens with one attached hydrogen (secondary N) is 1. The monoisotopic (exact) mass is 246 g/mol. The van der Waals surface area contributed by atoms with Crippen LogP contribution in [-0.2, 0) is 13.6 Å². The molecule has 4 heteroatoms. The number of hydrogen-bond acceptors (Lipinski definition) is 3. The van der Waals surface area contributed by atoms with Crippen molar-refractivity contribution >= 4 is 0 Å². The molecule has 1 saturated heterocycles. The van der Waals surface area contributed by atoms with Gasteiger partial charge >= 0.3 is 0 Å². The van der Waals surface area contributed by atoms with Gasteiger partial charge in [0.15, 0.2) is 0 Å². The molecule has 1 aromatic rings. The smallest absolute Gasteiger partial charge is 0.120 e. The average Bonchev–Trinajstić information content (AvgIpc) is 2.97. The van der Waals surface area contributed by atoms with Crippen LogP contribution >= 0.6 is 0 Å². The van der Waals surface area contributed by atoms with Gasteiger partial charge in [0.25, 0.3) is 0 Å². The molecule has 0 bridgehead atoms. The molecule has 98 valence electrons. The molecular formula is C14H22N4. The fourth-order valence-electron chi connectivity index (χ4n) is 2.52. The highest BCUT2D eigenvalue weighted by atomic mass is 15.1. The molecule has 1 aromatic heterocycles. The van der Waals surface area contributed by atoms with Crippen molar-refractivity contribution in [1.82, 2.24) is 14.8 Å². The molecule has 1 aliphatic rings. The van der Waals surface area contributed by atoms with Crippen molar-refractivity contribution in [2.45, 2.75) is 26.3 Å². The third kappa shape index (κ3) is 2.92. The number of nitrogens with zero attached hydrogens (tertiary/aromatic N) is 3. The van der Waals surface area contributed by atoms with Crippen molar-refractivity contribution in [3.63, 3.8) is 0 Å². The van der Waals surface area contributed by atoms with Gasteiger partial charge < -0.3 is 14.8 Å². The number of likely N-dealkylation sites (tertiary alicyclic amines) is 1. The molecule has 0 radical (unpaired) electrons. The first kappa shape index (κ1) is 13.1. The SMILES string of the molecule is Cc1c(CNCCN2CCCC2)cc(C#N)n1C. The van der Waals surface area contributed by atoms with E-state index in [1.165, 1.54) is 37.2 Å². The minimum atomic E-state index is 0.740. The van der Waals surface area contributed by atoms with Gasteiger partial charge in [-0.3, -0.25) is 0 Å². The van der Waals surface area contributed by atoms with Crippen LogP contribution in [0.3, 0.4) is 0 Å². The molecule has 2 rings (SSSR count). The van der Waals surface area contributed by atoms with Crippen LogP contribution in [0.4, 0.5) is 0 Å². The van der Waals surface area contributed by atoms with E-state index in [2.05, 4.69) is 23.2 Å². The summed E-state index contributed by atoms with van der Waals surface area (Å²) in [6.45, 7) is 7.59. The van der Waals surface area contributed by atoms with Gasteiger partial charge in [0.2, 0.25) is 0 Å². The van der Waals surface area contributed by atoms with Gasteiger partial charge in [0.05, 0.1) is 0 Å². The van der Waals surface area contributed by atoms with E-state index in [1.807, 2.05) is 17.7 Å². The largest absolute Gasteiger partial charge is 0.340 e. The lowest BCUT2D eigenvalue weighted by atomic mass is 10.2. The van der Waals surface area contributed by atoms with E-state index in [1.54, 1.807) is 0 Å². The zero-order valence-electron chi connectivity index (χ0n) is 11.4. The molecule has 1 fully saturated rings. The topological polar surface area (TPSA) is 44.0 Å². The van der Waals surface area contributed by atoms with Crippen molar-refractivity contribution < 1.29 is 0 Å². The molecule has 0 saturated carbocycles. The second-order valence-corrected chi connectivity index (χ2v) is 5.04. The first-order chi connectivity index (χ1) is 8.72. The maximum absolute atomic E-state index is 8.97. The molecule has 0 aliphatic carbocycles. The average molecular weight is 246 g/mol. The van der Waals surface area contributed by atoms with Gasteiger partial charge in [-0.05, 0) is 44.5 Å². The Bertz CT molecular complexity index is 435. The first-order valence-electron chi connectivity index (χ1n) is 6.70. The van der Waals surface area contributed by atoms with Gasteiger partial charge in [-0.15, -0.1) is 0 Å². The van der Waals surface area contributed by atoms with Gasteiger partial charge in [-0.25, -0.2) is 0 Å².